The van der Waals surface area contributed by atoms with Crippen LogP contribution in [-0.4, -0.2) is 24.5 Å². The highest BCUT2D eigenvalue weighted by Gasteiger charge is 2.21. The molecule has 0 atom stereocenters. The maximum atomic E-state index is 13.1. The predicted octanol–water partition coefficient (Wildman–Crippen LogP) is 4.78. The molecular formula is C22H26N4O3S2. The smallest absolute Gasteiger partial charge is 0.262 e. The van der Waals surface area contributed by atoms with E-state index in [1.165, 1.54) is 17.4 Å². The molecule has 1 aromatic heterocycles. The first kappa shape index (κ1) is 22.9. The lowest BCUT2D eigenvalue weighted by atomic mass is 10.1. The molecule has 2 N–H and O–H groups in total. The number of amides is 1. The van der Waals surface area contributed by atoms with Crippen LogP contribution >= 0.6 is 11.3 Å². The fourth-order valence-corrected chi connectivity index (χ4v) is 5.86. The lowest BCUT2D eigenvalue weighted by Crippen LogP contribution is -2.18. The first-order chi connectivity index (χ1) is 14.6. The Bertz CT molecular complexity index is 1210. The van der Waals surface area contributed by atoms with Crippen LogP contribution in [0.15, 0.2) is 35.2 Å². The van der Waals surface area contributed by atoms with Gasteiger partial charge in [0.15, 0.2) is 0 Å². The number of carbonyl (C=O) groups is 1. The Labute approximate surface area is 187 Å². The van der Waals surface area contributed by atoms with Gasteiger partial charge in [-0.15, -0.1) is 10.2 Å². The van der Waals surface area contributed by atoms with Gasteiger partial charge >= 0.3 is 0 Å². The number of nitrogens with one attached hydrogen (secondary N) is 2. The molecule has 0 aliphatic carbocycles. The normalized spacial score (nSPS) is 11.4. The number of hydrogen-bond acceptors (Lipinski definition) is 6. The van der Waals surface area contributed by atoms with E-state index in [9.17, 15) is 13.2 Å². The number of rotatable bonds is 7. The SMILES string of the molecule is CCCc1nnc(NC(=O)c2ccc(C)c(NS(=O)(=O)c3c(C)cc(C)cc3C)c2)s1. The summed E-state index contributed by atoms with van der Waals surface area (Å²) < 4.78 is 28.9. The Morgan fingerprint density at radius 2 is 1.68 bits per heavy atom. The van der Waals surface area contributed by atoms with Gasteiger partial charge in [0.25, 0.3) is 15.9 Å². The first-order valence-corrected chi connectivity index (χ1v) is 12.3. The number of anilines is 2. The number of nitrogens with zero attached hydrogens (tertiary/aromatic N) is 2. The van der Waals surface area contributed by atoms with E-state index in [1.54, 1.807) is 32.9 Å². The Morgan fingerprint density at radius 1 is 1.00 bits per heavy atom. The number of aryl methyl sites for hydroxylation is 5. The van der Waals surface area contributed by atoms with Crippen molar-refractivity contribution in [2.75, 3.05) is 10.0 Å². The topological polar surface area (TPSA) is 101 Å². The highest BCUT2D eigenvalue weighted by atomic mass is 32.2. The average Bonchev–Trinajstić information content (AvgIpc) is 3.09. The summed E-state index contributed by atoms with van der Waals surface area (Å²) in [6, 6.07) is 8.58. The second kappa shape index (κ2) is 9.15. The van der Waals surface area contributed by atoms with Crippen LogP contribution in [0.3, 0.4) is 0 Å². The Hall–Kier alpha value is -2.78. The maximum Gasteiger partial charge on any atom is 0.262 e. The number of aromatic nitrogens is 2. The van der Waals surface area contributed by atoms with Crippen LogP contribution in [0.4, 0.5) is 10.8 Å². The molecule has 1 amide bonds. The molecule has 2 aromatic carbocycles. The monoisotopic (exact) mass is 458 g/mol. The van der Waals surface area contributed by atoms with Crippen LogP contribution in [0.2, 0.25) is 0 Å². The summed E-state index contributed by atoms with van der Waals surface area (Å²) in [5, 5.41) is 12.1. The van der Waals surface area contributed by atoms with Crippen molar-refractivity contribution in [1.29, 1.82) is 0 Å². The zero-order chi connectivity index (χ0) is 22.8. The first-order valence-electron chi connectivity index (χ1n) is 9.95. The van der Waals surface area contributed by atoms with Crippen molar-refractivity contribution in [3.05, 3.63) is 63.2 Å². The van der Waals surface area contributed by atoms with Crippen LogP contribution in [-0.2, 0) is 16.4 Å². The molecular weight excluding hydrogens is 432 g/mol. The third kappa shape index (κ3) is 5.29. The average molecular weight is 459 g/mol. The highest BCUT2D eigenvalue weighted by Crippen LogP contribution is 2.27. The summed E-state index contributed by atoms with van der Waals surface area (Å²) in [6.45, 7) is 9.32. The number of carbonyl (C=O) groups excluding carboxylic acids is 1. The van der Waals surface area contributed by atoms with E-state index in [0.717, 1.165) is 23.4 Å². The molecule has 0 saturated heterocycles. The Morgan fingerprint density at radius 3 is 2.32 bits per heavy atom. The van der Waals surface area contributed by atoms with Gasteiger partial charge in [-0.2, -0.15) is 0 Å². The fraction of sp³-hybridized carbons (Fsp3) is 0.318. The molecule has 9 heteroatoms. The van der Waals surface area contributed by atoms with Crippen molar-refractivity contribution in [2.24, 2.45) is 0 Å². The molecule has 0 aliphatic heterocycles. The standard InChI is InChI=1S/C22H26N4O3S2/c1-6-7-19-24-25-22(30-19)23-21(27)17-9-8-14(3)18(12-17)26-31(28,29)20-15(4)10-13(2)11-16(20)5/h8-12,26H,6-7H2,1-5H3,(H,23,25,27). The number of sulfonamides is 1. The summed E-state index contributed by atoms with van der Waals surface area (Å²) >= 11 is 1.33. The van der Waals surface area contributed by atoms with Crippen molar-refractivity contribution >= 4 is 38.1 Å². The summed E-state index contributed by atoms with van der Waals surface area (Å²) in [5.74, 6) is -0.373. The predicted molar refractivity (Wildman–Crippen MR) is 124 cm³/mol. The zero-order valence-corrected chi connectivity index (χ0v) is 19.9. The molecule has 3 rings (SSSR count). The van der Waals surface area contributed by atoms with Crippen molar-refractivity contribution < 1.29 is 13.2 Å². The Balaban J connectivity index is 1.86. The third-order valence-corrected chi connectivity index (χ3v) is 7.34. The summed E-state index contributed by atoms with van der Waals surface area (Å²) in [7, 11) is -3.82. The minimum Gasteiger partial charge on any atom is -0.296 e. The Kier molecular flexibility index (Phi) is 6.76. The van der Waals surface area contributed by atoms with Gasteiger partial charge < -0.3 is 0 Å². The van der Waals surface area contributed by atoms with Crippen molar-refractivity contribution in [2.45, 2.75) is 52.4 Å². The molecule has 0 saturated carbocycles. The molecule has 0 bridgehead atoms. The third-order valence-electron chi connectivity index (χ3n) is 4.77. The minimum absolute atomic E-state index is 0.254. The van der Waals surface area contributed by atoms with E-state index in [2.05, 4.69) is 20.2 Å². The van der Waals surface area contributed by atoms with Gasteiger partial charge in [0.2, 0.25) is 5.13 Å². The van der Waals surface area contributed by atoms with Crippen LogP contribution < -0.4 is 10.0 Å². The molecule has 0 fully saturated rings. The maximum absolute atomic E-state index is 13.1. The molecule has 0 spiro atoms. The van der Waals surface area contributed by atoms with E-state index in [-0.39, 0.29) is 10.8 Å². The van der Waals surface area contributed by atoms with Gasteiger partial charge in [-0.25, -0.2) is 8.42 Å². The summed E-state index contributed by atoms with van der Waals surface area (Å²) in [4.78, 5) is 12.9. The van der Waals surface area contributed by atoms with Crippen molar-refractivity contribution in [3.8, 4) is 0 Å². The fourth-order valence-electron chi connectivity index (χ4n) is 3.45. The van der Waals surface area contributed by atoms with E-state index in [0.29, 0.717) is 33.1 Å². The summed E-state index contributed by atoms with van der Waals surface area (Å²) in [6.07, 6.45) is 1.76. The van der Waals surface area contributed by atoms with Gasteiger partial charge in [0.1, 0.15) is 5.01 Å². The van der Waals surface area contributed by atoms with Crippen LogP contribution in [0.1, 0.15) is 51.0 Å². The van der Waals surface area contributed by atoms with Crippen LogP contribution in [0.25, 0.3) is 0 Å². The molecule has 1 heterocycles. The molecule has 0 aliphatic rings. The van der Waals surface area contributed by atoms with Gasteiger partial charge in [0, 0.05) is 12.0 Å². The van der Waals surface area contributed by atoms with Gasteiger partial charge in [-0.05, 0) is 62.9 Å². The highest BCUT2D eigenvalue weighted by molar-refractivity contribution is 7.92. The largest absolute Gasteiger partial charge is 0.296 e. The molecule has 0 radical (unpaired) electrons. The molecule has 31 heavy (non-hydrogen) atoms. The van der Waals surface area contributed by atoms with Gasteiger partial charge in [-0.1, -0.05) is 42.0 Å². The van der Waals surface area contributed by atoms with Crippen LogP contribution in [0.5, 0.6) is 0 Å². The van der Waals surface area contributed by atoms with Gasteiger partial charge in [-0.3, -0.25) is 14.8 Å². The van der Waals surface area contributed by atoms with E-state index < -0.39 is 10.0 Å². The molecule has 0 unspecified atom stereocenters. The van der Waals surface area contributed by atoms with Gasteiger partial charge in [0.05, 0.1) is 10.6 Å². The summed E-state index contributed by atoms with van der Waals surface area (Å²) in [5.41, 5.74) is 3.75. The van der Waals surface area contributed by atoms with E-state index in [1.807, 2.05) is 26.0 Å². The molecule has 3 aromatic rings. The lowest BCUT2D eigenvalue weighted by Gasteiger charge is -2.16. The van der Waals surface area contributed by atoms with Crippen molar-refractivity contribution in [3.63, 3.8) is 0 Å². The minimum atomic E-state index is -3.82. The second-order valence-electron chi connectivity index (χ2n) is 7.57. The lowest BCUT2D eigenvalue weighted by molar-refractivity contribution is 0.102. The van der Waals surface area contributed by atoms with E-state index >= 15 is 0 Å². The quantitative estimate of drug-likeness (QED) is 0.531. The zero-order valence-electron chi connectivity index (χ0n) is 18.2. The molecule has 7 nitrogen and oxygen atoms in total. The van der Waals surface area contributed by atoms with E-state index in [4.69, 9.17) is 0 Å². The number of benzene rings is 2. The van der Waals surface area contributed by atoms with Crippen molar-refractivity contribution in [1.82, 2.24) is 10.2 Å². The van der Waals surface area contributed by atoms with Crippen LogP contribution in [0, 0.1) is 27.7 Å². The molecule has 164 valence electrons. The second-order valence-corrected chi connectivity index (χ2v) is 10.2. The number of hydrogen-bond donors (Lipinski definition) is 2.